The first kappa shape index (κ1) is 19.3. The Labute approximate surface area is 173 Å². The maximum atomic E-state index is 13.8. The molecule has 3 aromatic heterocycles. The van der Waals surface area contributed by atoms with Crippen LogP contribution < -0.4 is 0 Å². The van der Waals surface area contributed by atoms with Gasteiger partial charge in [0.25, 0.3) is 0 Å². The van der Waals surface area contributed by atoms with E-state index in [9.17, 15) is 4.39 Å². The normalized spacial score (nSPS) is 11.6. The monoisotopic (exact) mass is 397 g/mol. The van der Waals surface area contributed by atoms with Crippen LogP contribution in [0.1, 0.15) is 22.6 Å². The largest absolute Gasteiger partial charge is 0.340 e. The standard InChI is InChI=1S/C24H20FN5/c1-5-8-18(16-9-7-10-17(25)13-16)21-15(4)26-24(28-21)23-22-20(29-30-23)12-11-19(27-22)14(3)6-2/h5-13H,1-3H2,4H3,(H,26,28)(H,29,30)/b18-8-. The number of H-pyrrole nitrogens is 2. The van der Waals surface area contributed by atoms with Gasteiger partial charge < -0.3 is 4.98 Å². The summed E-state index contributed by atoms with van der Waals surface area (Å²) in [4.78, 5) is 12.7. The van der Waals surface area contributed by atoms with Crippen molar-refractivity contribution in [3.05, 3.63) is 103 Å². The van der Waals surface area contributed by atoms with E-state index in [1.54, 1.807) is 18.2 Å². The van der Waals surface area contributed by atoms with Gasteiger partial charge in [-0.1, -0.05) is 50.1 Å². The fraction of sp³-hybridized carbons (Fsp3) is 0.0417. The number of imidazole rings is 1. The highest BCUT2D eigenvalue weighted by atomic mass is 19.1. The Kier molecular flexibility index (Phi) is 4.98. The highest BCUT2D eigenvalue weighted by Gasteiger charge is 2.19. The van der Waals surface area contributed by atoms with E-state index >= 15 is 0 Å². The number of hydrogen-bond donors (Lipinski definition) is 2. The summed E-state index contributed by atoms with van der Waals surface area (Å²) >= 11 is 0. The molecule has 0 atom stereocenters. The average Bonchev–Trinajstić information content (AvgIpc) is 3.34. The van der Waals surface area contributed by atoms with Crippen LogP contribution in [0.2, 0.25) is 0 Å². The molecule has 0 spiro atoms. The minimum Gasteiger partial charge on any atom is -0.340 e. The van der Waals surface area contributed by atoms with Crippen LogP contribution in [0.25, 0.3) is 33.7 Å². The van der Waals surface area contributed by atoms with Crippen LogP contribution in [0.15, 0.2) is 74.4 Å². The predicted octanol–water partition coefficient (Wildman–Crippen LogP) is 5.61. The predicted molar refractivity (Wildman–Crippen MR) is 119 cm³/mol. The van der Waals surface area contributed by atoms with Crippen LogP contribution in [0.3, 0.4) is 0 Å². The second kappa shape index (κ2) is 7.75. The molecular formula is C24H20FN5. The van der Waals surface area contributed by atoms with Crippen LogP contribution >= 0.6 is 0 Å². The molecule has 4 rings (SSSR count). The summed E-state index contributed by atoms with van der Waals surface area (Å²) in [6.45, 7) is 13.4. The number of aromatic amines is 2. The zero-order valence-corrected chi connectivity index (χ0v) is 16.5. The van der Waals surface area contributed by atoms with Gasteiger partial charge in [-0.05, 0) is 42.3 Å². The van der Waals surface area contributed by atoms with Crippen LogP contribution in [-0.2, 0) is 0 Å². The molecule has 3 heterocycles. The molecule has 6 heteroatoms. The number of fused-ring (bicyclic) bond motifs is 1. The molecule has 0 saturated carbocycles. The Balaban J connectivity index is 1.84. The third-order valence-corrected chi connectivity index (χ3v) is 4.77. The van der Waals surface area contributed by atoms with E-state index in [-0.39, 0.29) is 5.82 Å². The Hall–Kier alpha value is -4.06. The lowest BCUT2D eigenvalue weighted by atomic mass is 10.0. The van der Waals surface area contributed by atoms with Gasteiger partial charge in [0.2, 0.25) is 0 Å². The lowest BCUT2D eigenvalue weighted by molar-refractivity contribution is 0.627. The summed E-state index contributed by atoms with van der Waals surface area (Å²) in [5, 5.41) is 7.39. The van der Waals surface area contributed by atoms with Crippen molar-refractivity contribution < 1.29 is 4.39 Å². The summed E-state index contributed by atoms with van der Waals surface area (Å²) in [5.41, 5.74) is 6.49. The minimum absolute atomic E-state index is 0.312. The number of halogens is 1. The highest BCUT2D eigenvalue weighted by molar-refractivity contribution is 5.90. The second-order valence-corrected chi connectivity index (χ2v) is 6.78. The van der Waals surface area contributed by atoms with Gasteiger partial charge >= 0.3 is 0 Å². The Bertz CT molecular complexity index is 1320. The molecule has 0 fully saturated rings. The summed E-state index contributed by atoms with van der Waals surface area (Å²) in [6.07, 6.45) is 5.13. The Morgan fingerprint density at radius 3 is 2.70 bits per heavy atom. The molecule has 5 nitrogen and oxygen atoms in total. The van der Waals surface area contributed by atoms with Crippen molar-refractivity contribution in [2.75, 3.05) is 0 Å². The number of nitrogens with one attached hydrogen (secondary N) is 2. The fourth-order valence-electron chi connectivity index (χ4n) is 3.27. The first-order valence-electron chi connectivity index (χ1n) is 9.34. The van der Waals surface area contributed by atoms with Gasteiger partial charge in [0, 0.05) is 11.3 Å². The van der Waals surface area contributed by atoms with Crippen molar-refractivity contribution in [1.82, 2.24) is 25.1 Å². The molecule has 30 heavy (non-hydrogen) atoms. The van der Waals surface area contributed by atoms with E-state index < -0.39 is 0 Å². The van der Waals surface area contributed by atoms with Gasteiger partial charge in [0.15, 0.2) is 11.5 Å². The molecule has 0 saturated heterocycles. The van der Waals surface area contributed by atoms with E-state index in [4.69, 9.17) is 4.98 Å². The Morgan fingerprint density at radius 1 is 1.13 bits per heavy atom. The van der Waals surface area contributed by atoms with Gasteiger partial charge in [-0.2, -0.15) is 5.10 Å². The molecule has 0 aliphatic rings. The molecule has 0 aliphatic heterocycles. The van der Waals surface area contributed by atoms with E-state index in [1.165, 1.54) is 12.1 Å². The van der Waals surface area contributed by atoms with Crippen molar-refractivity contribution in [3.8, 4) is 11.5 Å². The number of benzene rings is 1. The third kappa shape index (κ3) is 3.39. The van der Waals surface area contributed by atoms with Gasteiger partial charge in [-0.25, -0.2) is 14.4 Å². The summed E-state index contributed by atoms with van der Waals surface area (Å²) in [5.74, 6) is 0.252. The van der Waals surface area contributed by atoms with Crippen molar-refractivity contribution >= 4 is 22.2 Å². The number of rotatable bonds is 6. The molecule has 0 aliphatic carbocycles. The second-order valence-electron chi connectivity index (χ2n) is 6.78. The zero-order valence-electron chi connectivity index (χ0n) is 16.5. The average molecular weight is 397 g/mol. The quantitative estimate of drug-likeness (QED) is 0.415. The van der Waals surface area contributed by atoms with Crippen LogP contribution in [-0.4, -0.2) is 25.1 Å². The number of allylic oxidation sites excluding steroid dienone is 4. The number of nitrogens with zero attached hydrogens (tertiary/aromatic N) is 3. The van der Waals surface area contributed by atoms with Crippen molar-refractivity contribution in [3.63, 3.8) is 0 Å². The van der Waals surface area contributed by atoms with E-state index in [2.05, 4.69) is 39.9 Å². The summed E-state index contributed by atoms with van der Waals surface area (Å²) < 4.78 is 13.8. The van der Waals surface area contributed by atoms with Gasteiger partial charge in [0.1, 0.15) is 11.3 Å². The Morgan fingerprint density at radius 2 is 1.97 bits per heavy atom. The molecule has 4 aromatic rings. The van der Waals surface area contributed by atoms with E-state index in [0.29, 0.717) is 28.3 Å². The summed E-state index contributed by atoms with van der Waals surface area (Å²) in [6, 6.07) is 10.2. The van der Waals surface area contributed by atoms with Crippen LogP contribution in [0, 0.1) is 12.7 Å². The molecule has 0 unspecified atom stereocenters. The SMILES string of the molecule is C=C/C=C(/c1cccc(F)c1)c1nc(-c2n[nH]c3ccc(C(=C)C=C)nc23)[nH]c1C. The molecule has 0 amide bonds. The number of aryl methyl sites for hydroxylation is 1. The topological polar surface area (TPSA) is 70.2 Å². The molecular weight excluding hydrogens is 377 g/mol. The summed E-state index contributed by atoms with van der Waals surface area (Å²) in [7, 11) is 0. The van der Waals surface area contributed by atoms with Gasteiger partial charge in [-0.15, -0.1) is 0 Å². The maximum absolute atomic E-state index is 13.8. The maximum Gasteiger partial charge on any atom is 0.161 e. The lowest BCUT2D eigenvalue weighted by Gasteiger charge is -2.06. The number of hydrogen-bond acceptors (Lipinski definition) is 3. The van der Waals surface area contributed by atoms with Gasteiger partial charge in [-0.3, -0.25) is 5.10 Å². The third-order valence-electron chi connectivity index (χ3n) is 4.77. The van der Waals surface area contributed by atoms with Crippen LogP contribution in [0.5, 0.6) is 0 Å². The first-order chi connectivity index (χ1) is 14.5. The minimum atomic E-state index is -0.312. The van der Waals surface area contributed by atoms with Crippen molar-refractivity contribution in [1.29, 1.82) is 0 Å². The number of pyridine rings is 1. The molecule has 1 aromatic carbocycles. The molecule has 0 bridgehead atoms. The zero-order chi connectivity index (χ0) is 21.3. The van der Waals surface area contributed by atoms with Crippen molar-refractivity contribution in [2.24, 2.45) is 0 Å². The molecule has 0 radical (unpaired) electrons. The smallest absolute Gasteiger partial charge is 0.161 e. The number of aromatic nitrogens is 5. The highest BCUT2D eigenvalue weighted by Crippen LogP contribution is 2.30. The van der Waals surface area contributed by atoms with Crippen LogP contribution in [0.4, 0.5) is 4.39 Å². The molecule has 148 valence electrons. The van der Waals surface area contributed by atoms with Gasteiger partial charge in [0.05, 0.1) is 16.9 Å². The van der Waals surface area contributed by atoms with Crippen molar-refractivity contribution in [2.45, 2.75) is 6.92 Å². The van der Waals surface area contributed by atoms with E-state index in [1.807, 2.05) is 31.2 Å². The van der Waals surface area contributed by atoms with E-state index in [0.717, 1.165) is 28.1 Å². The lowest BCUT2D eigenvalue weighted by Crippen LogP contribution is -1.92. The first-order valence-corrected chi connectivity index (χ1v) is 9.34. The molecule has 2 N–H and O–H groups in total. The fourth-order valence-corrected chi connectivity index (χ4v) is 3.27.